The van der Waals surface area contributed by atoms with Gasteiger partial charge in [0, 0.05) is 44.1 Å². The Balaban J connectivity index is 1.73. The molecule has 0 radical (unpaired) electrons. The average Bonchev–Trinajstić information content (AvgIpc) is 2.68. The average molecular weight is 320 g/mol. The number of carbonyl (C=O) groups is 1. The van der Waals surface area contributed by atoms with Gasteiger partial charge in [-0.3, -0.25) is 9.69 Å². The van der Waals surface area contributed by atoms with Crippen molar-refractivity contribution in [1.29, 1.82) is 0 Å². The van der Waals surface area contributed by atoms with Gasteiger partial charge in [-0.05, 0) is 31.5 Å². The zero-order valence-corrected chi connectivity index (χ0v) is 13.9. The summed E-state index contributed by atoms with van der Waals surface area (Å²) in [6, 6.07) is 6.96. The van der Waals surface area contributed by atoms with Crippen molar-refractivity contribution < 1.29 is 13.9 Å². The molecule has 1 aromatic rings. The first-order valence-electron chi connectivity index (χ1n) is 8.31. The molecule has 4 nitrogen and oxygen atoms in total. The van der Waals surface area contributed by atoms with Crippen molar-refractivity contribution in [3.05, 3.63) is 35.6 Å². The molecule has 3 rings (SSSR count). The van der Waals surface area contributed by atoms with Crippen LogP contribution in [0.5, 0.6) is 0 Å². The predicted molar refractivity (Wildman–Crippen MR) is 86.4 cm³/mol. The number of carbonyl (C=O) groups excluding carboxylic acids is 1. The highest BCUT2D eigenvalue weighted by molar-refractivity contribution is 5.79. The van der Waals surface area contributed by atoms with Gasteiger partial charge in [-0.1, -0.05) is 12.1 Å². The van der Waals surface area contributed by atoms with E-state index in [1.54, 1.807) is 12.1 Å². The van der Waals surface area contributed by atoms with E-state index in [1.807, 2.05) is 11.0 Å². The number of hydrogen-bond donors (Lipinski definition) is 0. The van der Waals surface area contributed by atoms with Gasteiger partial charge >= 0.3 is 0 Å². The number of benzene rings is 1. The fourth-order valence-corrected chi connectivity index (χ4v) is 3.71. The molecule has 0 aliphatic carbocycles. The van der Waals surface area contributed by atoms with Gasteiger partial charge in [0.15, 0.2) is 0 Å². The molecule has 0 aromatic heterocycles. The number of amides is 1. The fraction of sp³-hybridized carbons (Fsp3) is 0.611. The summed E-state index contributed by atoms with van der Waals surface area (Å²) in [5, 5.41) is 0. The molecule has 126 valence electrons. The number of ether oxygens (including phenoxy) is 1. The maximum absolute atomic E-state index is 13.4. The molecule has 23 heavy (non-hydrogen) atoms. The number of nitrogens with zero attached hydrogens (tertiary/aromatic N) is 2. The van der Waals surface area contributed by atoms with E-state index in [0.29, 0.717) is 26.2 Å². The highest BCUT2D eigenvalue weighted by atomic mass is 19.1. The van der Waals surface area contributed by atoms with Crippen molar-refractivity contribution in [2.24, 2.45) is 5.41 Å². The van der Waals surface area contributed by atoms with Gasteiger partial charge in [0.2, 0.25) is 5.91 Å². The monoisotopic (exact) mass is 320 g/mol. The molecule has 0 unspecified atom stereocenters. The van der Waals surface area contributed by atoms with E-state index in [0.717, 1.165) is 25.2 Å². The molecule has 0 N–H and O–H groups in total. The third-order valence-corrected chi connectivity index (χ3v) is 4.79. The second kappa shape index (κ2) is 6.57. The van der Waals surface area contributed by atoms with Gasteiger partial charge in [-0.2, -0.15) is 0 Å². The van der Waals surface area contributed by atoms with Crippen LogP contribution in [0.1, 0.15) is 25.8 Å². The first kappa shape index (κ1) is 16.4. The van der Waals surface area contributed by atoms with Crippen LogP contribution in [0.25, 0.3) is 0 Å². The molecule has 1 amide bonds. The molecule has 0 saturated carbocycles. The van der Waals surface area contributed by atoms with E-state index in [-0.39, 0.29) is 23.2 Å². The van der Waals surface area contributed by atoms with E-state index in [1.165, 1.54) is 6.07 Å². The molecular weight excluding hydrogens is 295 g/mol. The predicted octanol–water partition coefficient (Wildman–Crippen LogP) is 2.29. The summed E-state index contributed by atoms with van der Waals surface area (Å²) in [6.07, 6.45) is 0.546. The van der Waals surface area contributed by atoms with Crippen LogP contribution in [0.4, 0.5) is 4.39 Å². The lowest BCUT2D eigenvalue weighted by Gasteiger charge is -2.32. The lowest BCUT2D eigenvalue weighted by molar-refractivity contribution is -0.129. The van der Waals surface area contributed by atoms with E-state index in [4.69, 9.17) is 4.74 Å². The van der Waals surface area contributed by atoms with Gasteiger partial charge in [-0.15, -0.1) is 0 Å². The largest absolute Gasteiger partial charge is 0.379 e. The van der Waals surface area contributed by atoms with Crippen LogP contribution >= 0.6 is 0 Å². The van der Waals surface area contributed by atoms with Crippen molar-refractivity contribution in [2.75, 3.05) is 32.8 Å². The minimum atomic E-state index is -0.203. The SMILES string of the molecule is CC(C)N1C[C@@]2(COCCN(Cc3cccc(F)c3)C2)CC1=O. The van der Waals surface area contributed by atoms with Gasteiger partial charge in [0.25, 0.3) is 0 Å². The van der Waals surface area contributed by atoms with Crippen LogP contribution in [0, 0.1) is 11.2 Å². The summed E-state index contributed by atoms with van der Waals surface area (Å²) in [5.74, 6) is 0.0153. The molecule has 5 heteroatoms. The van der Waals surface area contributed by atoms with E-state index in [2.05, 4.69) is 18.7 Å². The maximum atomic E-state index is 13.4. The molecule has 2 aliphatic rings. The lowest BCUT2D eigenvalue weighted by Crippen LogP contribution is -2.41. The Labute approximate surface area is 137 Å². The molecular formula is C18H25FN2O2. The Morgan fingerprint density at radius 3 is 2.87 bits per heavy atom. The molecule has 2 fully saturated rings. The number of likely N-dealkylation sites (tertiary alicyclic amines) is 1. The summed E-state index contributed by atoms with van der Waals surface area (Å²) < 4.78 is 19.2. The summed E-state index contributed by atoms with van der Waals surface area (Å²) >= 11 is 0. The Morgan fingerprint density at radius 1 is 1.35 bits per heavy atom. The number of hydrogen-bond acceptors (Lipinski definition) is 3. The molecule has 1 atom stereocenters. The lowest BCUT2D eigenvalue weighted by atomic mass is 9.87. The summed E-state index contributed by atoms with van der Waals surface area (Å²) in [7, 11) is 0. The number of rotatable bonds is 3. The summed E-state index contributed by atoms with van der Waals surface area (Å²) in [6.45, 7) is 8.47. The fourth-order valence-electron chi connectivity index (χ4n) is 3.71. The first-order valence-corrected chi connectivity index (χ1v) is 8.31. The van der Waals surface area contributed by atoms with Gasteiger partial charge in [0.05, 0.1) is 13.2 Å². The van der Waals surface area contributed by atoms with Gasteiger partial charge < -0.3 is 9.64 Å². The second-order valence-corrected chi connectivity index (χ2v) is 7.19. The van der Waals surface area contributed by atoms with Crippen LogP contribution in [0.3, 0.4) is 0 Å². The Kier molecular flexibility index (Phi) is 4.69. The Bertz CT molecular complexity index is 578. The Morgan fingerprint density at radius 2 is 2.17 bits per heavy atom. The van der Waals surface area contributed by atoms with E-state index >= 15 is 0 Å². The topological polar surface area (TPSA) is 32.8 Å². The molecule has 1 spiro atoms. The standard InChI is InChI=1S/C18H25FN2O2/c1-14(2)21-12-18(9-17(21)22)11-20(6-7-23-13-18)10-15-4-3-5-16(19)8-15/h3-5,8,14H,6-7,9-13H2,1-2H3/t18-/m1/s1. The quantitative estimate of drug-likeness (QED) is 0.857. The van der Waals surface area contributed by atoms with Crippen LogP contribution in [0.2, 0.25) is 0 Å². The zero-order chi connectivity index (χ0) is 16.4. The van der Waals surface area contributed by atoms with Crippen molar-refractivity contribution >= 4 is 5.91 Å². The number of halogens is 1. The van der Waals surface area contributed by atoms with Gasteiger partial charge in [-0.25, -0.2) is 4.39 Å². The molecule has 2 heterocycles. The zero-order valence-electron chi connectivity index (χ0n) is 13.9. The van der Waals surface area contributed by atoms with Crippen LogP contribution in [0.15, 0.2) is 24.3 Å². The molecule has 2 saturated heterocycles. The minimum absolute atomic E-state index is 0.134. The van der Waals surface area contributed by atoms with Gasteiger partial charge in [0.1, 0.15) is 5.82 Å². The van der Waals surface area contributed by atoms with E-state index < -0.39 is 0 Å². The summed E-state index contributed by atoms with van der Waals surface area (Å²) in [5.41, 5.74) is 0.831. The van der Waals surface area contributed by atoms with Crippen LogP contribution in [-0.4, -0.2) is 54.6 Å². The molecule has 2 aliphatic heterocycles. The maximum Gasteiger partial charge on any atom is 0.223 e. The molecule has 0 bridgehead atoms. The second-order valence-electron chi connectivity index (χ2n) is 7.19. The summed E-state index contributed by atoms with van der Waals surface area (Å²) in [4.78, 5) is 16.6. The van der Waals surface area contributed by atoms with E-state index in [9.17, 15) is 9.18 Å². The third-order valence-electron chi connectivity index (χ3n) is 4.79. The highest BCUT2D eigenvalue weighted by Gasteiger charge is 2.46. The molecule has 1 aromatic carbocycles. The van der Waals surface area contributed by atoms with Crippen molar-refractivity contribution in [1.82, 2.24) is 9.80 Å². The van der Waals surface area contributed by atoms with Crippen molar-refractivity contribution in [2.45, 2.75) is 32.9 Å². The third kappa shape index (κ3) is 3.72. The van der Waals surface area contributed by atoms with Crippen molar-refractivity contribution in [3.63, 3.8) is 0 Å². The first-order chi connectivity index (χ1) is 11.0. The Hall–Kier alpha value is -1.46. The minimum Gasteiger partial charge on any atom is -0.379 e. The normalized spacial score (nSPS) is 26.3. The van der Waals surface area contributed by atoms with Crippen LogP contribution < -0.4 is 0 Å². The van der Waals surface area contributed by atoms with Crippen molar-refractivity contribution in [3.8, 4) is 0 Å². The highest BCUT2D eigenvalue weighted by Crippen LogP contribution is 2.35. The van der Waals surface area contributed by atoms with Crippen LogP contribution in [-0.2, 0) is 16.1 Å². The smallest absolute Gasteiger partial charge is 0.223 e.